The number of anilines is 1. The molecule has 4 aromatic rings. The van der Waals surface area contributed by atoms with E-state index < -0.39 is 0 Å². The fraction of sp³-hybridized carbons (Fsp3) is 0.267. The van der Waals surface area contributed by atoms with Crippen molar-refractivity contribution in [3.05, 3.63) is 95.3 Å². The number of amides is 2. The van der Waals surface area contributed by atoms with Crippen molar-refractivity contribution >= 4 is 29.3 Å². The van der Waals surface area contributed by atoms with Gasteiger partial charge in [-0.2, -0.15) is 0 Å². The summed E-state index contributed by atoms with van der Waals surface area (Å²) in [5.41, 5.74) is 4.94. The standard InChI is InChI=1S/C30H33N5O3S/c1-4-22-12-9-13-23(5-2)29(22)35-26(19-31-27(36)18-21-10-7-6-8-11-21)33-34-30(35)39-20-28(37)32-24-14-16-25(38-3)17-15-24/h6-17H,4-5,18-20H2,1-3H3,(H,31,36)(H,32,37). The topological polar surface area (TPSA) is 98.1 Å². The van der Waals surface area contributed by atoms with Gasteiger partial charge in [0.05, 0.1) is 31.5 Å². The Labute approximate surface area is 233 Å². The summed E-state index contributed by atoms with van der Waals surface area (Å²) in [6.45, 7) is 4.44. The first kappa shape index (κ1) is 27.9. The lowest BCUT2D eigenvalue weighted by molar-refractivity contribution is -0.120. The van der Waals surface area contributed by atoms with E-state index in [2.05, 4.69) is 52.9 Å². The third-order valence-electron chi connectivity index (χ3n) is 6.25. The highest BCUT2D eigenvalue weighted by atomic mass is 32.2. The Morgan fingerprint density at radius 3 is 2.21 bits per heavy atom. The van der Waals surface area contributed by atoms with Crippen molar-refractivity contribution < 1.29 is 14.3 Å². The van der Waals surface area contributed by atoms with E-state index in [9.17, 15) is 9.59 Å². The minimum Gasteiger partial charge on any atom is -0.497 e. The quantitative estimate of drug-likeness (QED) is 0.244. The maximum absolute atomic E-state index is 12.8. The van der Waals surface area contributed by atoms with Crippen molar-refractivity contribution in [2.45, 2.75) is 44.8 Å². The van der Waals surface area contributed by atoms with Gasteiger partial charge < -0.3 is 15.4 Å². The van der Waals surface area contributed by atoms with Gasteiger partial charge in [0.2, 0.25) is 11.8 Å². The first-order chi connectivity index (χ1) is 19.0. The fourth-order valence-electron chi connectivity index (χ4n) is 4.26. The van der Waals surface area contributed by atoms with Gasteiger partial charge in [-0.1, -0.05) is 74.1 Å². The van der Waals surface area contributed by atoms with Gasteiger partial charge >= 0.3 is 0 Å². The molecule has 0 radical (unpaired) electrons. The van der Waals surface area contributed by atoms with Crippen LogP contribution in [0.1, 0.15) is 36.4 Å². The molecule has 0 unspecified atom stereocenters. The molecule has 8 nitrogen and oxygen atoms in total. The number of carbonyl (C=O) groups excluding carboxylic acids is 2. The van der Waals surface area contributed by atoms with Crippen LogP contribution >= 0.6 is 11.8 Å². The Balaban J connectivity index is 1.55. The van der Waals surface area contributed by atoms with Crippen LogP contribution in [0.2, 0.25) is 0 Å². The summed E-state index contributed by atoms with van der Waals surface area (Å²) < 4.78 is 7.17. The van der Waals surface area contributed by atoms with Gasteiger partial charge in [-0.15, -0.1) is 10.2 Å². The number of hydrogen-bond acceptors (Lipinski definition) is 6. The molecule has 9 heteroatoms. The molecule has 0 aliphatic heterocycles. The number of para-hydroxylation sites is 1. The van der Waals surface area contributed by atoms with Gasteiger partial charge in [0.1, 0.15) is 5.75 Å². The number of hydrogen-bond donors (Lipinski definition) is 2. The second-order valence-electron chi connectivity index (χ2n) is 8.87. The summed E-state index contributed by atoms with van der Waals surface area (Å²) in [5.74, 6) is 1.24. The molecule has 0 aliphatic carbocycles. The largest absolute Gasteiger partial charge is 0.497 e. The summed E-state index contributed by atoms with van der Waals surface area (Å²) in [7, 11) is 1.60. The molecule has 1 heterocycles. The molecule has 39 heavy (non-hydrogen) atoms. The van der Waals surface area contributed by atoms with Crippen molar-refractivity contribution in [2.75, 3.05) is 18.2 Å². The molecule has 202 valence electrons. The smallest absolute Gasteiger partial charge is 0.234 e. The van der Waals surface area contributed by atoms with E-state index in [4.69, 9.17) is 4.74 Å². The molecule has 2 amide bonds. The number of nitrogens with zero attached hydrogens (tertiary/aromatic N) is 3. The lowest BCUT2D eigenvalue weighted by Crippen LogP contribution is -2.26. The number of ether oxygens (including phenoxy) is 1. The molecular weight excluding hydrogens is 510 g/mol. The highest BCUT2D eigenvalue weighted by molar-refractivity contribution is 7.99. The highest BCUT2D eigenvalue weighted by Gasteiger charge is 2.20. The van der Waals surface area contributed by atoms with Gasteiger partial charge in [0.25, 0.3) is 0 Å². The maximum atomic E-state index is 12.8. The lowest BCUT2D eigenvalue weighted by atomic mass is 10.0. The van der Waals surface area contributed by atoms with E-state index in [1.807, 2.05) is 34.9 Å². The van der Waals surface area contributed by atoms with E-state index in [1.54, 1.807) is 31.4 Å². The van der Waals surface area contributed by atoms with E-state index in [-0.39, 0.29) is 30.5 Å². The van der Waals surface area contributed by atoms with Crippen LogP contribution in [-0.4, -0.2) is 39.4 Å². The zero-order valence-electron chi connectivity index (χ0n) is 22.4. The Morgan fingerprint density at radius 2 is 1.56 bits per heavy atom. The van der Waals surface area contributed by atoms with Crippen LogP contribution < -0.4 is 15.4 Å². The molecular formula is C30H33N5O3S. The molecule has 4 rings (SSSR count). The molecule has 0 spiro atoms. The Hall–Kier alpha value is -4.11. The van der Waals surface area contributed by atoms with Crippen LogP contribution in [0.25, 0.3) is 5.69 Å². The number of methoxy groups -OCH3 is 1. The first-order valence-corrected chi connectivity index (χ1v) is 13.9. The van der Waals surface area contributed by atoms with E-state index in [1.165, 1.54) is 11.8 Å². The average molecular weight is 544 g/mol. The summed E-state index contributed by atoms with van der Waals surface area (Å²) in [6, 6.07) is 23.1. The molecule has 1 aromatic heterocycles. The molecule has 0 saturated carbocycles. The van der Waals surface area contributed by atoms with Crippen LogP contribution in [0.15, 0.2) is 78.0 Å². The zero-order chi connectivity index (χ0) is 27.6. The average Bonchev–Trinajstić information content (AvgIpc) is 3.37. The molecule has 0 bridgehead atoms. The SMILES string of the molecule is CCc1cccc(CC)c1-n1c(CNC(=O)Cc2ccccc2)nnc1SCC(=O)Nc1ccc(OC)cc1. The van der Waals surface area contributed by atoms with Crippen molar-refractivity contribution in [1.29, 1.82) is 0 Å². The molecule has 0 saturated heterocycles. The Morgan fingerprint density at radius 1 is 0.872 bits per heavy atom. The number of carbonyl (C=O) groups is 2. The van der Waals surface area contributed by atoms with E-state index >= 15 is 0 Å². The van der Waals surface area contributed by atoms with Crippen molar-refractivity contribution in [3.8, 4) is 11.4 Å². The lowest BCUT2D eigenvalue weighted by Gasteiger charge is -2.18. The predicted molar refractivity (Wildman–Crippen MR) is 154 cm³/mol. The predicted octanol–water partition coefficient (Wildman–Crippen LogP) is 4.99. The highest BCUT2D eigenvalue weighted by Crippen LogP contribution is 2.28. The second kappa shape index (κ2) is 13.6. The molecule has 0 atom stereocenters. The van der Waals surface area contributed by atoms with Crippen LogP contribution in [-0.2, 0) is 35.4 Å². The fourth-order valence-corrected chi connectivity index (χ4v) is 5.01. The summed E-state index contributed by atoms with van der Waals surface area (Å²) >= 11 is 1.31. The van der Waals surface area contributed by atoms with Gasteiger partial charge in [0.15, 0.2) is 11.0 Å². The monoisotopic (exact) mass is 543 g/mol. The van der Waals surface area contributed by atoms with Gasteiger partial charge in [-0.05, 0) is 53.8 Å². The van der Waals surface area contributed by atoms with E-state index in [0.717, 1.165) is 41.0 Å². The van der Waals surface area contributed by atoms with Crippen molar-refractivity contribution in [2.24, 2.45) is 0 Å². The van der Waals surface area contributed by atoms with Crippen LogP contribution in [0.3, 0.4) is 0 Å². The Kier molecular flexibility index (Phi) is 9.74. The van der Waals surface area contributed by atoms with Crippen LogP contribution in [0.4, 0.5) is 5.69 Å². The number of nitrogens with one attached hydrogen (secondary N) is 2. The third-order valence-corrected chi connectivity index (χ3v) is 7.18. The van der Waals surface area contributed by atoms with Crippen molar-refractivity contribution in [3.63, 3.8) is 0 Å². The number of rotatable bonds is 12. The van der Waals surface area contributed by atoms with Crippen molar-refractivity contribution in [1.82, 2.24) is 20.1 Å². The number of aromatic nitrogens is 3. The normalized spacial score (nSPS) is 10.7. The summed E-state index contributed by atoms with van der Waals surface area (Å²) in [4.78, 5) is 25.4. The zero-order valence-corrected chi connectivity index (χ0v) is 23.3. The van der Waals surface area contributed by atoms with Gasteiger partial charge in [-0.25, -0.2) is 0 Å². The summed E-state index contributed by atoms with van der Waals surface area (Å²) in [5, 5.41) is 15.4. The van der Waals surface area contributed by atoms with Crippen LogP contribution in [0.5, 0.6) is 5.75 Å². The third kappa shape index (κ3) is 7.26. The minimum atomic E-state index is -0.156. The molecule has 0 fully saturated rings. The molecule has 0 aliphatic rings. The number of thioether (sulfide) groups is 1. The second-order valence-corrected chi connectivity index (χ2v) is 9.81. The number of benzene rings is 3. The number of aryl methyl sites for hydroxylation is 2. The molecule has 2 N–H and O–H groups in total. The maximum Gasteiger partial charge on any atom is 0.234 e. The summed E-state index contributed by atoms with van der Waals surface area (Å²) in [6.07, 6.45) is 1.93. The Bertz CT molecular complexity index is 1380. The minimum absolute atomic E-state index is 0.0942. The molecule has 3 aromatic carbocycles. The van der Waals surface area contributed by atoms with Gasteiger partial charge in [0, 0.05) is 5.69 Å². The van der Waals surface area contributed by atoms with E-state index in [0.29, 0.717) is 16.7 Å². The first-order valence-electron chi connectivity index (χ1n) is 12.9. The van der Waals surface area contributed by atoms with Gasteiger partial charge in [-0.3, -0.25) is 14.2 Å². The van der Waals surface area contributed by atoms with Crippen LogP contribution in [0, 0.1) is 0 Å².